The fourth-order valence-electron chi connectivity index (χ4n) is 12.5. The monoisotopic (exact) mass is 795 g/mol. The normalized spacial score (nSPS) is 38.5. The first-order valence-electron chi connectivity index (χ1n) is 23.6. The van der Waals surface area contributed by atoms with Gasteiger partial charge in [-0.3, -0.25) is 40.1 Å². The van der Waals surface area contributed by atoms with Gasteiger partial charge in [-0.05, 0) is 120 Å². The Bertz CT molecular complexity index is 1390. The molecule has 4 aliphatic carbocycles. The number of piperidine rings is 1. The fourth-order valence-corrected chi connectivity index (χ4v) is 12.5. The number of amides is 3. The van der Waals surface area contributed by atoms with E-state index in [1.807, 2.05) is 11.1 Å². The van der Waals surface area contributed by atoms with Crippen LogP contribution in [0.4, 0.5) is 0 Å². The molecule has 12 nitrogen and oxygen atoms in total. The number of hydrogen-bond acceptors (Lipinski definition) is 10. The number of ether oxygens (including phenoxy) is 2. The van der Waals surface area contributed by atoms with Crippen molar-refractivity contribution in [2.24, 2.45) is 29.6 Å². The lowest BCUT2D eigenvalue weighted by Gasteiger charge is -2.43. The van der Waals surface area contributed by atoms with Crippen molar-refractivity contribution in [3.63, 3.8) is 0 Å². The van der Waals surface area contributed by atoms with Crippen LogP contribution >= 0.6 is 0 Å². The summed E-state index contributed by atoms with van der Waals surface area (Å²) < 4.78 is 13.2. The van der Waals surface area contributed by atoms with Crippen LogP contribution in [0.5, 0.6) is 0 Å². The van der Waals surface area contributed by atoms with Crippen LogP contribution in [-0.2, 0) is 23.9 Å². The Labute approximate surface area is 341 Å². The molecule has 4 N–H and O–H groups in total. The summed E-state index contributed by atoms with van der Waals surface area (Å²) in [6.45, 7) is 10.6. The molecule has 8 aliphatic rings. The average molecular weight is 795 g/mol. The van der Waals surface area contributed by atoms with E-state index in [2.05, 4.69) is 32.7 Å². The number of nitrogens with zero attached hydrogens (tertiary/aromatic N) is 3. The van der Waals surface area contributed by atoms with Crippen LogP contribution in [0.2, 0.25) is 0 Å². The third-order valence-corrected chi connectivity index (χ3v) is 15.6. The van der Waals surface area contributed by atoms with Gasteiger partial charge in [-0.1, -0.05) is 37.3 Å². The molecule has 4 aliphatic heterocycles. The number of rotatable bonds is 12. The molecule has 0 aromatic rings. The van der Waals surface area contributed by atoms with E-state index in [9.17, 15) is 19.5 Å². The quantitative estimate of drug-likeness (QED) is 0.167. The minimum atomic E-state index is -0.514. The van der Waals surface area contributed by atoms with Crippen LogP contribution in [0.1, 0.15) is 129 Å². The lowest BCUT2D eigenvalue weighted by atomic mass is 9.68. The summed E-state index contributed by atoms with van der Waals surface area (Å²) in [6.07, 6.45) is 21.4. The number of aliphatic hydroxyl groups is 1. The van der Waals surface area contributed by atoms with Crippen molar-refractivity contribution in [3.05, 3.63) is 11.1 Å². The van der Waals surface area contributed by atoms with Gasteiger partial charge in [-0.25, -0.2) is 0 Å². The molecule has 0 spiro atoms. The van der Waals surface area contributed by atoms with E-state index in [0.29, 0.717) is 31.4 Å². The number of carbonyl (C=O) groups is 3. The Hall–Kier alpha value is -1.93. The Balaban J connectivity index is 0.716. The maximum atomic E-state index is 13.2. The molecule has 4 atom stereocenters. The van der Waals surface area contributed by atoms with Crippen LogP contribution < -0.4 is 16.0 Å². The Kier molecular flexibility index (Phi) is 14.4. The number of piperazine rings is 1. The fraction of sp³-hybridized carbons (Fsp3) is 0.889. The largest absolute Gasteiger partial charge is 0.393 e. The number of allylic oxidation sites excluding steroid dienone is 2. The van der Waals surface area contributed by atoms with Crippen LogP contribution in [0, 0.1) is 29.6 Å². The van der Waals surface area contributed by atoms with Crippen molar-refractivity contribution in [1.29, 1.82) is 0 Å². The SMILES string of the molecule is CC/C(=C(\C1CCC(O)CC1)C1CCC(OCCN2CCN(C3NCC(OC4CCC5C(=O)N(C6CCC(=O)NC6=O)CC5C4)CN3)CC2)CC1)C1CCCCC1. The predicted octanol–water partition coefficient (Wildman–Crippen LogP) is 4.31. The molecule has 12 heteroatoms. The van der Waals surface area contributed by atoms with Gasteiger partial charge < -0.3 is 19.5 Å². The topological polar surface area (TPSA) is 136 Å². The zero-order valence-corrected chi connectivity index (χ0v) is 35.0. The van der Waals surface area contributed by atoms with Gasteiger partial charge in [-0.15, -0.1) is 0 Å². The van der Waals surface area contributed by atoms with Crippen LogP contribution in [0.3, 0.4) is 0 Å². The highest BCUT2D eigenvalue weighted by Gasteiger charge is 2.49. The predicted molar refractivity (Wildman–Crippen MR) is 219 cm³/mol. The number of hydrogen-bond donors (Lipinski definition) is 4. The number of imide groups is 1. The number of fused-ring (bicyclic) bond motifs is 1. The van der Waals surface area contributed by atoms with E-state index >= 15 is 0 Å². The van der Waals surface area contributed by atoms with Gasteiger partial charge in [0, 0.05) is 64.7 Å². The Morgan fingerprint density at radius 3 is 2.12 bits per heavy atom. The molecule has 0 aromatic heterocycles. The second kappa shape index (κ2) is 19.6. The van der Waals surface area contributed by atoms with Crippen molar-refractivity contribution in [2.75, 3.05) is 59.0 Å². The Morgan fingerprint density at radius 2 is 1.44 bits per heavy atom. The van der Waals surface area contributed by atoms with Crippen LogP contribution in [0.25, 0.3) is 0 Å². The lowest BCUT2D eigenvalue weighted by molar-refractivity contribution is -0.145. The van der Waals surface area contributed by atoms with Gasteiger partial charge in [0.15, 0.2) is 0 Å². The third-order valence-electron chi connectivity index (χ3n) is 15.6. The van der Waals surface area contributed by atoms with E-state index in [-0.39, 0.29) is 54.2 Å². The minimum absolute atomic E-state index is 0.0307. The van der Waals surface area contributed by atoms with E-state index < -0.39 is 6.04 Å². The van der Waals surface area contributed by atoms with Gasteiger partial charge in [0.1, 0.15) is 12.3 Å². The molecule has 320 valence electrons. The van der Waals surface area contributed by atoms with Crippen molar-refractivity contribution in [2.45, 2.75) is 166 Å². The summed E-state index contributed by atoms with van der Waals surface area (Å²) in [5.41, 5.74) is 3.68. The second-order valence-electron chi connectivity index (χ2n) is 19.1. The number of carbonyl (C=O) groups excluding carboxylic acids is 3. The van der Waals surface area contributed by atoms with Gasteiger partial charge in [0.25, 0.3) is 0 Å². The molecule has 0 radical (unpaired) electrons. The molecule has 3 amide bonds. The first-order valence-corrected chi connectivity index (χ1v) is 23.6. The summed E-state index contributed by atoms with van der Waals surface area (Å²) >= 11 is 0. The molecule has 0 aromatic carbocycles. The maximum absolute atomic E-state index is 13.2. The van der Waals surface area contributed by atoms with Crippen molar-refractivity contribution in [3.8, 4) is 0 Å². The first kappa shape index (κ1) is 41.8. The summed E-state index contributed by atoms with van der Waals surface area (Å²) in [4.78, 5) is 44.1. The smallest absolute Gasteiger partial charge is 0.249 e. The zero-order valence-electron chi connectivity index (χ0n) is 35.0. The van der Waals surface area contributed by atoms with Crippen molar-refractivity contribution < 1.29 is 29.0 Å². The summed E-state index contributed by atoms with van der Waals surface area (Å²) in [6, 6.07) is -0.514. The first-order chi connectivity index (χ1) is 27.8. The third kappa shape index (κ3) is 10.2. The summed E-state index contributed by atoms with van der Waals surface area (Å²) in [5.74, 6) is 1.91. The molecule has 0 bridgehead atoms. The van der Waals surface area contributed by atoms with E-state index in [1.54, 1.807) is 4.90 Å². The van der Waals surface area contributed by atoms with Crippen LogP contribution in [-0.4, -0.2) is 133 Å². The second-order valence-corrected chi connectivity index (χ2v) is 19.1. The van der Waals surface area contributed by atoms with Gasteiger partial charge in [0.05, 0.1) is 31.0 Å². The van der Waals surface area contributed by atoms with E-state index in [0.717, 1.165) is 96.4 Å². The lowest BCUT2D eigenvalue weighted by Crippen LogP contribution is -2.66. The minimum Gasteiger partial charge on any atom is -0.393 e. The number of likely N-dealkylation sites (tertiary alicyclic amines) is 1. The molecule has 8 fully saturated rings. The van der Waals surface area contributed by atoms with E-state index in [4.69, 9.17) is 9.47 Å². The molecule has 4 heterocycles. The molecule has 57 heavy (non-hydrogen) atoms. The number of nitrogens with one attached hydrogen (secondary N) is 3. The molecule has 8 rings (SSSR count). The molecule has 4 saturated carbocycles. The molecule has 4 saturated heterocycles. The highest BCUT2D eigenvalue weighted by atomic mass is 16.5. The van der Waals surface area contributed by atoms with Crippen LogP contribution in [0.15, 0.2) is 11.1 Å². The molecular weight excluding hydrogens is 721 g/mol. The van der Waals surface area contributed by atoms with E-state index in [1.165, 1.54) is 77.0 Å². The standard InChI is InChI=1S/C45H74N6O6/c1-2-38(30-6-4-3-5-7-30)42(31-8-12-34(52)13-9-31)32-10-14-35(15-11-32)56-25-24-49-20-22-50(23-21-49)45-46-27-37(28-47-45)57-36-16-17-39-33(26-36)29-51(44(39)55)40-18-19-41(53)48-43(40)54/h30-37,39-40,45-47,52H,2-29H2,1H3,(H,48,53,54)/b42-38-. The summed E-state index contributed by atoms with van der Waals surface area (Å²) in [7, 11) is 0. The Morgan fingerprint density at radius 1 is 0.754 bits per heavy atom. The highest BCUT2D eigenvalue weighted by molar-refractivity contribution is 6.02. The molecule has 4 unspecified atom stereocenters. The maximum Gasteiger partial charge on any atom is 0.249 e. The molecular formula is C45H74N6O6. The van der Waals surface area contributed by atoms with Gasteiger partial charge in [0.2, 0.25) is 17.7 Å². The summed E-state index contributed by atoms with van der Waals surface area (Å²) in [5, 5.41) is 20.1. The average Bonchev–Trinajstić information content (AvgIpc) is 3.56. The van der Waals surface area contributed by atoms with Gasteiger partial charge in [-0.2, -0.15) is 0 Å². The zero-order chi connectivity index (χ0) is 39.3. The van der Waals surface area contributed by atoms with Crippen molar-refractivity contribution in [1.82, 2.24) is 30.7 Å². The highest BCUT2D eigenvalue weighted by Crippen LogP contribution is 2.46. The number of aliphatic hydroxyl groups excluding tert-OH is 1. The van der Waals surface area contributed by atoms with Gasteiger partial charge >= 0.3 is 0 Å². The van der Waals surface area contributed by atoms with Crippen molar-refractivity contribution >= 4 is 17.7 Å².